The summed E-state index contributed by atoms with van der Waals surface area (Å²) < 4.78 is 55.8. The van der Waals surface area contributed by atoms with Crippen LogP contribution in [0.1, 0.15) is 67.0 Å². The number of rotatable bonds is 3. The van der Waals surface area contributed by atoms with Gasteiger partial charge in [-0.25, -0.2) is 27.3 Å². The molecule has 9 heteroatoms. The molecule has 0 unspecified atom stereocenters. The number of aromatic carboxylic acids is 1. The van der Waals surface area contributed by atoms with Crippen LogP contribution in [0.2, 0.25) is 0 Å². The number of carboxylic acid groups (broad SMARTS) is 1. The summed E-state index contributed by atoms with van der Waals surface area (Å²) in [5.41, 5.74) is -0.489. The summed E-state index contributed by atoms with van der Waals surface area (Å²) in [7, 11) is 0. The van der Waals surface area contributed by atoms with Gasteiger partial charge in [-0.05, 0) is 37.2 Å². The summed E-state index contributed by atoms with van der Waals surface area (Å²) in [5.74, 6) is -8.02. The van der Waals surface area contributed by atoms with E-state index in [1.165, 1.54) is 18.3 Å². The average Bonchev–Trinajstić information content (AvgIpc) is 2.67. The number of H-pyrrole nitrogens is 1. The van der Waals surface area contributed by atoms with Gasteiger partial charge >= 0.3 is 5.97 Å². The molecule has 162 valence electrons. The number of aromatic amines is 1. The van der Waals surface area contributed by atoms with Crippen LogP contribution in [-0.2, 0) is 0 Å². The predicted molar refractivity (Wildman–Crippen MR) is 101 cm³/mol. The smallest absolute Gasteiger partial charge is 0.355 e. The Kier molecular flexibility index (Phi) is 5.10. The molecule has 0 amide bonds. The van der Waals surface area contributed by atoms with Gasteiger partial charge in [0.1, 0.15) is 0 Å². The van der Waals surface area contributed by atoms with Gasteiger partial charge in [0.2, 0.25) is 11.8 Å². The van der Waals surface area contributed by atoms with E-state index in [0.29, 0.717) is 5.69 Å². The molecule has 2 aromatic heterocycles. The second-order valence-corrected chi connectivity index (χ2v) is 8.54. The molecule has 2 atom stereocenters. The zero-order valence-electron chi connectivity index (χ0n) is 16.1. The number of carbonyl (C=O) groups is 1. The third-order valence-electron chi connectivity index (χ3n) is 6.61. The molecule has 0 radical (unpaired) electrons. The Bertz CT molecular complexity index is 1030. The van der Waals surface area contributed by atoms with Crippen molar-refractivity contribution in [3.8, 4) is 0 Å². The Balaban J connectivity index is 1.74. The first-order valence-electron chi connectivity index (χ1n) is 10.1. The van der Waals surface area contributed by atoms with E-state index >= 15 is 0 Å². The SMILES string of the molecule is O=C(O)c1nccc2[nH]c([C@@H]3CC(F)(F)CC[C@H]3C3CCC(F)(F)CC3)cc(=O)c12. The minimum absolute atomic E-state index is 0.106. The number of halogens is 4. The number of hydrogen-bond acceptors (Lipinski definition) is 3. The van der Waals surface area contributed by atoms with Crippen LogP contribution >= 0.6 is 0 Å². The van der Waals surface area contributed by atoms with Crippen LogP contribution in [0.15, 0.2) is 23.1 Å². The first-order chi connectivity index (χ1) is 14.1. The summed E-state index contributed by atoms with van der Waals surface area (Å²) in [6.07, 6.45) is 0.703. The van der Waals surface area contributed by atoms with Gasteiger partial charge in [0, 0.05) is 49.6 Å². The topological polar surface area (TPSA) is 83.0 Å². The Hall–Kier alpha value is -2.45. The first-order valence-corrected chi connectivity index (χ1v) is 10.1. The fourth-order valence-electron chi connectivity index (χ4n) is 5.13. The molecule has 5 nitrogen and oxygen atoms in total. The molecule has 2 aromatic rings. The quantitative estimate of drug-likeness (QED) is 0.679. The van der Waals surface area contributed by atoms with Crippen LogP contribution in [0.25, 0.3) is 10.9 Å². The normalized spacial score (nSPS) is 26.5. The third kappa shape index (κ3) is 3.94. The van der Waals surface area contributed by atoms with Crippen LogP contribution in [0.3, 0.4) is 0 Å². The number of pyridine rings is 2. The van der Waals surface area contributed by atoms with E-state index in [4.69, 9.17) is 0 Å². The average molecular weight is 426 g/mol. The third-order valence-corrected chi connectivity index (χ3v) is 6.61. The lowest BCUT2D eigenvalue weighted by Crippen LogP contribution is -2.38. The first kappa shape index (κ1) is 20.8. The molecular weight excluding hydrogens is 404 g/mol. The molecule has 0 bridgehead atoms. The van der Waals surface area contributed by atoms with Gasteiger partial charge in [-0.2, -0.15) is 0 Å². The molecule has 30 heavy (non-hydrogen) atoms. The van der Waals surface area contributed by atoms with E-state index in [1.807, 2.05) is 0 Å². The number of nitrogens with zero attached hydrogens (tertiary/aromatic N) is 1. The van der Waals surface area contributed by atoms with E-state index in [9.17, 15) is 32.3 Å². The summed E-state index contributed by atoms with van der Waals surface area (Å²) >= 11 is 0. The zero-order chi connectivity index (χ0) is 21.7. The number of nitrogens with one attached hydrogen (secondary N) is 1. The van der Waals surface area contributed by atoms with Gasteiger partial charge in [-0.15, -0.1) is 0 Å². The van der Waals surface area contributed by atoms with E-state index < -0.39 is 41.3 Å². The lowest BCUT2D eigenvalue weighted by molar-refractivity contribution is -0.0840. The highest BCUT2D eigenvalue weighted by Gasteiger charge is 2.47. The standard InChI is InChI=1S/C21H22F4N2O3/c22-20(23)5-1-11(2-6-20)12-3-7-21(24,25)10-13(12)15-9-16(28)17-14(27-15)4-8-26-18(17)19(29)30/h4,8-9,11-13H,1-3,5-7,10H2,(H,27,28)(H,29,30)/t12-,13+/m0/s1. The molecular formula is C21H22F4N2O3. The molecule has 4 rings (SSSR count). The minimum atomic E-state index is -2.91. The number of alkyl halides is 4. The van der Waals surface area contributed by atoms with Crippen LogP contribution in [0, 0.1) is 11.8 Å². The number of fused-ring (bicyclic) bond motifs is 1. The molecule has 2 N–H and O–H groups in total. The second kappa shape index (κ2) is 7.35. The highest BCUT2D eigenvalue weighted by atomic mass is 19.3. The molecule has 2 saturated carbocycles. The van der Waals surface area contributed by atoms with Crippen molar-refractivity contribution in [1.29, 1.82) is 0 Å². The summed E-state index contributed by atoms with van der Waals surface area (Å²) in [5, 5.41) is 9.17. The number of aromatic nitrogens is 2. The minimum Gasteiger partial charge on any atom is -0.476 e. The summed E-state index contributed by atoms with van der Waals surface area (Å²) in [6, 6.07) is 2.61. The largest absolute Gasteiger partial charge is 0.476 e. The van der Waals surface area contributed by atoms with Crippen molar-refractivity contribution < 1.29 is 27.5 Å². The monoisotopic (exact) mass is 426 g/mol. The van der Waals surface area contributed by atoms with Gasteiger partial charge < -0.3 is 10.1 Å². The zero-order valence-corrected chi connectivity index (χ0v) is 16.1. The van der Waals surface area contributed by atoms with Crippen molar-refractivity contribution in [1.82, 2.24) is 9.97 Å². The van der Waals surface area contributed by atoms with E-state index in [0.717, 1.165) is 0 Å². The van der Waals surface area contributed by atoms with Gasteiger partial charge in [0.05, 0.1) is 10.9 Å². The fourth-order valence-corrected chi connectivity index (χ4v) is 5.13. The van der Waals surface area contributed by atoms with E-state index in [2.05, 4.69) is 9.97 Å². The van der Waals surface area contributed by atoms with Crippen molar-refractivity contribution in [3.05, 3.63) is 39.9 Å². The van der Waals surface area contributed by atoms with Gasteiger partial charge in [-0.3, -0.25) is 4.79 Å². The van der Waals surface area contributed by atoms with Crippen LogP contribution in [0.4, 0.5) is 17.6 Å². The van der Waals surface area contributed by atoms with E-state index in [1.54, 1.807) is 0 Å². The molecule has 2 fully saturated rings. The van der Waals surface area contributed by atoms with Crippen molar-refractivity contribution in [2.75, 3.05) is 0 Å². The summed E-state index contributed by atoms with van der Waals surface area (Å²) in [4.78, 5) is 30.8. The molecule has 0 aliphatic heterocycles. The van der Waals surface area contributed by atoms with E-state index in [-0.39, 0.29) is 61.3 Å². The number of carboxylic acids is 1. The maximum atomic E-state index is 14.3. The fraction of sp³-hybridized carbons (Fsp3) is 0.571. The Morgan fingerprint density at radius 3 is 2.43 bits per heavy atom. The maximum absolute atomic E-state index is 14.3. The molecule has 0 aromatic carbocycles. The lowest BCUT2D eigenvalue weighted by atomic mass is 9.65. The van der Waals surface area contributed by atoms with Crippen molar-refractivity contribution in [2.24, 2.45) is 11.8 Å². The Morgan fingerprint density at radius 1 is 1.10 bits per heavy atom. The van der Waals surface area contributed by atoms with Crippen LogP contribution in [-0.4, -0.2) is 32.9 Å². The van der Waals surface area contributed by atoms with Crippen molar-refractivity contribution in [3.63, 3.8) is 0 Å². The Morgan fingerprint density at radius 2 is 1.77 bits per heavy atom. The number of hydrogen-bond donors (Lipinski definition) is 2. The highest BCUT2D eigenvalue weighted by Crippen LogP contribution is 2.51. The molecule has 2 heterocycles. The van der Waals surface area contributed by atoms with Crippen molar-refractivity contribution >= 4 is 16.9 Å². The molecule has 0 spiro atoms. The maximum Gasteiger partial charge on any atom is 0.355 e. The van der Waals surface area contributed by atoms with Crippen molar-refractivity contribution in [2.45, 2.75) is 62.7 Å². The molecule has 2 aliphatic carbocycles. The predicted octanol–water partition coefficient (Wildman–Crippen LogP) is 4.97. The van der Waals surface area contributed by atoms with Crippen LogP contribution < -0.4 is 5.43 Å². The molecule has 2 aliphatic rings. The summed E-state index contributed by atoms with van der Waals surface area (Å²) in [6.45, 7) is 0. The van der Waals surface area contributed by atoms with Gasteiger partial charge in [-0.1, -0.05) is 0 Å². The van der Waals surface area contributed by atoms with Gasteiger partial charge in [0.25, 0.3) is 0 Å². The van der Waals surface area contributed by atoms with Crippen LogP contribution in [0.5, 0.6) is 0 Å². The lowest BCUT2D eigenvalue weighted by Gasteiger charge is -2.42. The molecule has 0 saturated heterocycles. The van der Waals surface area contributed by atoms with Gasteiger partial charge in [0.15, 0.2) is 11.1 Å². The highest BCUT2D eigenvalue weighted by molar-refractivity contribution is 6.00. The Labute approximate surface area is 169 Å². The second-order valence-electron chi connectivity index (χ2n) is 8.54.